The lowest BCUT2D eigenvalue weighted by Crippen LogP contribution is -2.38. The van der Waals surface area contributed by atoms with Gasteiger partial charge in [0.05, 0.1) is 24.7 Å². The van der Waals surface area contributed by atoms with Crippen molar-refractivity contribution in [2.75, 3.05) is 25.0 Å². The van der Waals surface area contributed by atoms with E-state index in [9.17, 15) is 10.1 Å². The van der Waals surface area contributed by atoms with Gasteiger partial charge in [-0.15, -0.1) is 0 Å². The van der Waals surface area contributed by atoms with E-state index >= 15 is 0 Å². The standard InChI is InChI=1S/C23H25N3O/c1-17-8-9-19(15-24)12-23(17)26(10-11-27)16-18(2)25(3)22-13-20-6-4-5-7-21(20)14-22/h4-9,11-12,22H,2,10,13-14,16H2,1,3H3. The van der Waals surface area contributed by atoms with Gasteiger partial charge in [-0.25, -0.2) is 0 Å². The zero-order valence-corrected chi connectivity index (χ0v) is 16.0. The maximum atomic E-state index is 11.3. The van der Waals surface area contributed by atoms with Crippen LogP contribution in [0, 0.1) is 18.3 Å². The van der Waals surface area contributed by atoms with E-state index < -0.39 is 0 Å². The van der Waals surface area contributed by atoms with Crippen LogP contribution in [0.15, 0.2) is 54.7 Å². The lowest BCUT2D eigenvalue weighted by Gasteiger charge is -2.33. The quantitative estimate of drug-likeness (QED) is 0.710. The number of aryl methyl sites for hydroxylation is 1. The molecule has 27 heavy (non-hydrogen) atoms. The van der Waals surface area contributed by atoms with Gasteiger partial charge in [-0.1, -0.05) is 36.9 Å². The van der Waals surface area contributed by atoms with Gasteiger partial charge in [0.1, 0.15) is 6.29 Å². The second-order valence-electron chi connectivity index (χ2n) is 7.17. The molecule has 0 bridgehead atoms. The van der Waals surface area contributed by atoms with Gasteiger partial charge < -0.3 is 14.6 Å². The first-order valence-electron chi connectivity index (χ1n) is 9.20. The van der Waals surface area contributed by atoms with E-state index in [1.165, 1.54) is 11.1 Å². The third-order valence-corrected chi connectivity index (χ3v) is 5.42. The molecule has 0 unspecified atom stereocenters. The Bertz CT molecular complexity index is 872. The second kappa shape index (κ2) is 8.09. The molecule has 4 heteroatoms. The predicted octanol–water partition coefficient (Wildman–Crippen LogP) is 3.48. The van der Waals surface area contributed by atoms with E-state index in [1.54, 1.807) is 6.07 Å². The van der Waals surface area contributed by atoms with Crippen LogP contribution in [0.4, 0.5) is 5.69 Å². The van der Waals surface area contributed by atoms with Crippen LogP contribution < -0.4 is 4.90 Å². The molecule has 0 fully saturated rings. The van der Waals surface area contributed by atoms with Gasteiger partial charge in [-0.3, -0.25) is 0 Å². The highest BCUT2D eigenvalue weighted by molar-refractivity contribution is 5.65. The molecule has 0 N–H and O–H groups in total. The molecule has 0 saturated heterocycles. The zero-order chi connectivity index (χ0) is 19.4. The van der Waals surface area contributed by atoms with E-state index in [1.807, 2.05) is 24.0 Å². The highest BCUT2D eigenvalue weighted by Gasteiger charge is 2.25. The van der Waals surface area contributed by atoms with Gasteiger partial charge in [-0.05, 0) is 48.6 Å². The molecular formula is C23H25N3O. The molecule has 0 amide bonds. The minimum atomic E-state index is 0.271. The molecule has 0 spiro atoms. The Morgan fingerprint density at radius 3 is 2.52 bits per heavy atom. The van der Waals surface area contributed by atoms with Crippen molar-refractivity contribution in [1.29, 1.82) is 5.26 Å². The van der Waals surface area contributed by atoms with Crippen LogP contribution >= 0.6 is 0 Å². The molecule has 0 saturated carbocycles. The van der Waals surface area contributed by atoms with Crippen LogP contribution in [0.2, 0.25) is 0 Å². The third kappa shape index (κ3) is 4.03. The fraction of sp³-hybridized carbons (Fsp3) is 0.304. The highest BCUT2D eigenvalue weighted by Crippen LogP contribution is 2.28. The third-order valence-electron chi connectivity index (χ3n) is 5.42. The summed E-state index contributed by atoms with van der Waals surface area (Å²) in [5.74, 6) is 0. The fourth-order valence-electron chi connectivity index (χ4n) is 3.76. The molecule has 2 aromatic carbocycles. The Labute approximate surface area is 161 Å². The molecule has 2 aromatic rings. The normalized spacial score (nSPS) is 12.9. The van der Waals surface area contributed by atoms with E-state index in [0.717, 1.165) is 36.1 Å². The zero-order valence-electron chi connectivity index (χ0n) is 16.0. The number of aldehydes is 1. The number of likely N-dealkylation sites (N-methyl/N-ethyl adjacent to an activating group) is 1. The van der Waals surface area contributed by atoms with Crippen molar-refractivity contribution in [3.8, 4) is 6.07 Å². The number of benzene rings is 2. The van der Waals surface area contributed by atoms with Gasteiger partial charge in [-0.2, -0.15) is 5.26 Å². The maximum Gasteiger partial charge on any atom is 0.139 e. The van der Waals surface area contributed by atoms with Gasteiger partial charge in [0.15, 0.2) is 0 Å². The van der Waals surface area contributed by atoms with Crippen molar-refractivity contribution in [3.05, 3.63) is 77.0 Å². The summed E-state index contributed by atoms with van der Waals surface area (Å²) in [6.45, 7) is 7.10. The number of anilines is 1. The number of rotatable bonds is 7. The molecule has 1 aliphatic rings. The van der Waals surface area contributed by atoms with Crippen LogP contribution in [0.5, 0.6) is 0 Å². The van der Waals surface area contributed by atoms with Crippen molar-refractivity contribution in [3.63, 3.8) is 0 Å². The molecular weight excluding hydrogens is 334 g/mol. The van der Waals surface area contributed by atoms with Crippen molar-refractivity contribution in [1.82, 2.24) is 4.90 Å². The molecule has 0 radical (unpaired) electrons. The summed E-state index contributed by atoms with van der Waals surface area (Å²) in [5.41, 5.74) is 6.33. The van der Waals surface area contributed by atoms with Crippen molar-refractivity contribution in [2.45, 2.75) is 25.8 Å². The fourth-order valence-corrected chi connectivity index (χ4v) is 3.76. The molecule has 0 heterocycles. The lowest BCUT2D eigenvalue weighted by molar-refractivity contribution is -0.106. The minimum Gasteiger partial charge on any atom is -0.373 e. The number of nitriles is 1. The minimum absolute atomic E-state index is 0.271. The van der Waals surface area contributed by atoms with Crippen molar-refractivity contribution in [2.24, 2.45) is 0 Å². The topological polar surface area (TPSA) is 47.3 Å². The summed E-state index contributed by atoms with van der Waals surface area (Å²) in [6.07, 6.45) is 2.93. The largest absolute Gasteiger partial charge is 0.373 e. The molecule has 0 aliphatic heterocycles. The van der Waals surface area contributed by atoms with E-state index in [-0.39, 0.29) is 6.54 Å². The van der Waals surface area contributed by atoms with E-state index in [2.05, 4.69) is 48.9 Å². The van der Waals surface area contributed by atoms with E-state index in [4.69, 9.17) is 0 Å². The van der Waals surface area contributed by atoms with Gasteiger partial charge in [0.2, 0.25) is 0 Å². The van der Waals surface area contributed by atoms with Crippen molar-refractivity contribution < 1.29 is 4.79 Å². The Balaban J connectivity index is 1.74. The summed E-state index contributed by atoms with van der Waals surface area (Å²) >= 11 is 0. The molecule has 0 aromatic heterocycles. The van der Waals surface area contributed by atoms with Crippen LogP contribution in [0.3, 0.4) is 0 Å². The van der Waals surface area contributed by atoms with Gasteiger partial charge in [0, 0.05) is 24.5 Å². The predicted molar refractivity (Wildman–Crippen MR) is 109 cm³/mol. The molecule has 3 rings (SSSR count). The van der Waals surface area contributed by atoms with Crippen LogP contribution in [0.1, 0.15) is 22.3 Å². The Kier molecular flexibility index (Phi) is 5.61. The first kappa shape index (κ1) is 18.7. The smallest absolute Gasteiger partial charge is 0.139 e. The second-order valence-corrected chi connectivity index (χ2v) is 7.17. The summed E-state index contributed by atoms with van der Waals surface area (Å²) in [5, 5.41) is 9.20. The Morgan fingerprint density at radius 2 is 1.93 bits per heavy atom. The van der Waals surface area contributed by atoms with Crippen LogP contribution in [-0.4, -0.2) is 37.4 Å². The molecule has 0 atom stereocenters. The van der Waals surface area contributed by atoms with Crippen LogP contribution in [0.25, 0.3) is 0 Å². The number of nitrogens with zero attached hydrogens (tertiary/aromatic N) is 3. The Morgan fingerprint density at radius 1 is 1.26 bits per heavy atom. The summed E-state index contributed by atoms with van der Waals surface area (Å²) < 4.78 is 0. The lowest BCUT2D eigenvalue weighted by atomic mass is 10.1. The van der Waals surface area contributed by atoms with Crippen molar-refractivity contribution >= 4 is 12.0 Å². The summed E-state index contributed by atoms with van der Waals surface area (Å²) in [4.78, 5) is 15.5. The SMILES string of the molecule is C=C(CN(CC=O)c1cc(C#N)ccc1C)N(C)C1Cc2ccccc2C1. The molecule has 138 valence electrons. The van der Waals surface area contributed by atoms with Gasteiger partial charge >= 0.3 is 0 Å². The number of hydrogen-bond acceptors (Lipinski definition) is 4. The summed E-state index contributed by atoms with van der Waals surface area (Å²) in [6, 6.07) is 16.7. The number of hydrogen-bond donors (Lipinski definition) is 0. The highest BCUT2D eigenvalue weighted by atomic mass is 16.1. The number of fused-ring (bicyclic) bond motifs is 1. The monoisotopic (exact) mass is 359 g/mol. The molecule has 1 aliphatic carbocycles. The average Bonchev–Trinajstić information content (AvgIpc) is 3.11. The number of carbonyl (C=O) groups excluding carboxylic acids is 1. The first-order valence-corrected chi connectivity index (χ1v) is 9.20. The average molecular weight is 359 g/mol. The Hall–Kier alpha value is -3.06. The molecule has 4 nitrogen and oxygen atoms in total. The van der Waals surface area contributed by atoms with Gasteiger partial charge in [0.25, 0.3) is 0 Å². The number of carbonyl (C=O) groups is 1. The summed E-state index contributed by atoms with van der Waals surface area (Å²) in [7, 11) is 2.08. The van der Waals surface area contributed by atoms with E-state index in [0.29, 0.717) is 18.2 Å². The van der Waals surface area contributed by atoms with Crippen LogP contribution in [-0.2, 0) is 17.6 Å². The first-order chi connectivity index (χ1) is 13.0. The maximum absolute atomic E-state index is 11.3.